The first-order valence-corrected chi connectivity index (χ1v) is 15.1. The van der Waals surface area contributed by atoms with Gasteiger partial charge in [0.2, 0.25) is 0 Å². The molecule has 2 aliphatic heterocycles. The van der Waals surface area contributed by atoms with Crippen LogP contribution < -0.4 is 4.74 Å². The second-order valence-electron chi connectivity index (χ2n) is 13.0. The molecule has 0 bridgehead atoms. The Kier molecular flexibility index (Phi) is 10.8. The third kappa shape index (κ3) is 9.70. The van der Waals surface area contributed by atoms with Crippen molar-refractivity contribution in [1.82, 2.24) is 14.7 Å². The van der Waals surface area contributed by atoms with Crippen molar-refractivity contribution < 1.29 is 23.0 Å². The monoisotopic (exact) mass is 575 g/mol. The van der Waals surface area contributed by atoms with Gasteiger partial charge in [-0.25, -0.2) is 0 Å². The SMILES string of the molecule is CC(Cc1cc(OC2CCN(CC(F)(F)F)CC2)ccc1C(C)(C)C)c1cccc(CN2CCN(CCO)CC2)c1. The van der Waals surface area contributed by atoms with Crippen LogP contribution in [-0.4, -0.2) is 91.1 Å². The van der Waals surface area contributed by atoms with Gasteiger partial charge < -0.3 is 9.84 Å². The predicted molar refractivity (Wildman–Crippen MR) is 159 cm³/mol. The molecule has 1 atom stereocenters. The predicted octanol–water partition coefficient (Wildman–Crippen LogP) is 5.85. The number of likely N-dealkylation sites (tertiary alicyclic amines) is 1. The van der Waals surface area contributed by atoms with E-state index >= 15 is 0 Å². The van der Waals surface area contributed by atoms with E-state index in [1.165, 1.54) is 27.2 Å². The summed E-state index contributed by atoms with van der Waals surface area (Å²) in [5.74, 6) is 1.13. The molecule has 2 aromatic rings. The molecule has 2 aliphatic rings. The highest BCUT2D eigenvalue weighted by atomic mass is 19.4. The lowest BCUT2D eigenvalue weighted by atomic mass is 9.80. The first-order chi connectivity index (χ1) is 19.4. The van der Waals surface area contributed by atoms with Crippen LogP contribution >= 0.6 is 0 Å². The Balaban J connectivity index is 1.40. The van der Waals surface area contributed by atoms with Crippen LogP contribution in [0.2, 0.25) is 0 Å². The number of hydrogen-bond donors (Lipinski definition) is 1. The number of halogens is 3. The lowest BCUT2D eigenvalue weighted by Crippen LogP contribution is -2.46. The molecule has 1 unspecified atom stereocenters. The zero-order valence-electron chi connectivity index (χ0n) is 25.2. The highest BCUT2D eigenvalue weighted by Gasteiger charge is 2.33. The zero-order valence-corrected chi connectivity index (χ0v) is 25.2. The smallest absolute Gasteiger partial charge is 0.401 e. The molecule has 0 aliphatic carbocycles. The van der Waals surface area contributed by atoms with Crippen molar-refractivity contribution in [3.8, 4) is 5.75 Å². The van der Waals surface area contributed by atoms with E-state index in [4.69, 9.17) is 4.74 Å². The summed E-state index contributed by atoms with van der Waals surface area (Å²) < 4.78 is 44.6. The fourth-order valence-corrected chi connectivity index (χ4v) is 6.19. The minimum atomic E-state index is -4.16. The normalized spacial score (nSPS) is 19.4. The van der Waals surface area contributed by atoms with Gasteiger partial charge in [-0.05, 0) is 65.0 Å². The number of piperidine rings is 1. The maximum Gasteiger partial charge on any atom is 0.401 e. The van der Waals surface area contributed by atoms with Crippen LogP contribution in [0.1, 0.15) is 68.7 Å². The second-order valence-corrected chi connectivity index (χ2v) is 13.0. The Bertz CT molecular complexity index is 1100. The molecule has 0 aromatic heterocycles. The Morgan fingerprint density at radius 1 is 0.902 bits per heavy atom. The third-order valence-electron chi connectivity index (χ3n) is 8.46. The van der Waals surface area contributed by atoms with E-state index in [1.54, 1.807) is 0 Å². The maximum atomic E-state index is 12.8. The molecule has 5 nitrogen and oxygen atoms in total. The van der Waals surface area contributed by atoms with Gasteiger partial charge in [0.05, 0.1) is 13.2 Å². The fourth-order valence-electron chi connectivity index (χ4n) is 6.19. The van der Waals surface area contributed by atoms with Crippen molar-refractivity contribution >= 4 is 0 Å². The van der Waals surface area contributed by atoms with Gasteiger partial charge in [-0.15, -0.1) is 0 Å². The van der Waals surface area contributed by atoms with Crippen molar-refractivity contribution in [2.45, 2.75) is 77.1 Å². The maximum absolute atomic E-state index is 12.8. The van der Waals surface area contributed by atoms with E-state index in [-0.39, 0.29) is 18.1 Å². The van der Waals surface area contributed by atoms with Gasteiger partial charge in [-0.1, -0.05) is 58.0 Å². The van der Waals surface area contributed by atoms with Gasteiger partial charge in [0.1, 0.15) is 11.9 Å². The van der Waals surface area contributed by atoms with E-state index in [2.05, 4.69) is 73.9 Å². The topological polar surface area (TPSA) is 39.2 Å². The molecular weight excluding hydrogens is 527 g/mol. The molecule has 8 heteroatoms. The average Bonchev–Trinajstić information content (AvgIpc) is 2.90. The molecule has 2 fully saturated rings. The largest absolute Gasteiger partial charge is 0.490 e. The number of ether oxygens (including phenoxy) is 1. The Hall–Kier alpha value is -2.13. The summed E-state index contributed by atoms with van der Waals surface area (Å²) in [6.07, 6.45) is -2.12. The summed E-state index contributed by atoms with van der Waals surface area (Å²) in [4.78, 5) is 6.28. The van der Waals surface area contributed by atoms with Gasteiger partial charge in [0.25, 0.3) is 0 Å². The molecule has 0 spiro atoms. The Morgan fingerprint density at radius 3 is 2.22 bits per heavy atom. The molecule has 0 amide bonds. The van der Waals surface area contributed by atoms with Crippen LogP contribution in [-0.2, 0) is 18.4 Å². The number of hydrogen-bond acceptors (Lipinski definition) is 5. The molecule has 2 heterocycles. The molecule has 2 aromatic carbocycles. The van der Waals surface area contributed by atoms with E-state index < -0.39 is 12.7 Å². The zero-order chi connectivity index (χ0) is 29.6. The van der Waals surface area contributed by atoms with Gasteiger partial charge in [-0.3, -0.25) is 14.7 Å². The molecule has 41 heavy (non-hydrogen) atoms. The minimum Gasteiger partial charge on any atom is -0.490 e. The highest BCUT2D eigenvalue weighted by Crippen LogP contribution is 2.34. The van der Waals surface area contributed by atoms with Gasteiger partial charge in [0.15, 0.2) is 0 Å². The summed E-state index contributed by atoms with van der Waals surface area (Å²) in [5.41, 5.74) is 5.20. The van der Waals surface area contributed by atoms with E-state index in [1.807, 2.05) is 6.07 Å². The molecule has 0 saturated carbocycles. The minimum absolute atomic E-state index is 0.0173. The third-order valence-corrected chi connectivity index (χ3v) is 8.46. The van der Waals surface area contributed by atoms with Crippen molar-refractivity contribution in [2.75, 3.05) is 59.0 Å². The summed E-state index contributed by atoms with van der Waals surface area (Å²) >= 11 is 0. The quantitative estimate of drug-likeness (QED) is 0.385. The number of piperazine rings is 1. The van der Waals surface area contributed by atoms with Crippen LogP contribution in [0.15, 0.2) is 42.5 Å². The van der Waals surface area contributed by atoms with Crippen LogP contribution in [0.25, 0.3) is 0 Å². The molecule has 0 radical (unpaired) electrons. The summed E-state index contributed by atoms with van der Waals surface area (Å²) in [6, 6.07) is 15.3. The van der Waals surface area contributed by atoms with E-state index in [0.717, 1.165) is 51.4 Å². The van der Waals surface area contributed by atoms with Crippen molar-refractivity contribution in [3.05, 3.63) is 64.7 Å². The lowest BCUT2D eigenvalue weighted by molar-refractivity contribution is -0.149. The van der Waals surface area contributed by atoms with Crippen molar-refractivity contribution in [1.29, 1.82) is 0 Å². The Morgan fingerprint density at radius 2 is 1.59 bits per heavy atom. The van der Waals surface area contributed by atoms with Crippen LogP contribution in [0.5, 0.6) is 5.75 Å². The van der Waals surface area contributed by atoms with Gasteiger partial charge in [0, 0.05) is 52.4 Å². The number of alkyl halides is 3. The Labute approximate surface area is 244 Å². The van der Waals surface area contributed by atoms with E-state index in [0.29, 0.717) is 31.8 Å². The summed E-state index contributed by atoms with van der Waals surface area (Å²) in [5, 5.41) is 9.20. The van der Waals surface area contributed by atoms with Crippen LogP contribution in [0.3, 0.4) is 0 Å². The molecule has 2 saturated heterocycles. The fraction of sp³-hybridized carbons (Fsp3) is 0.636. The number of aliphatic hydroxyl groups excluding tert-OH is 1. The number of aliphatic hydroxyl groups is 1. The summed E-state index contributed by atoms with van der Waals surface area (Å²) in [6.45, 7) is 14.9. The van der Waals surface area contributed by atoms with Gasteiger partial charge >= 0.3 is 6.18 Å². The average molecular weight is 576 g/mol. The standard InChI is InChI=1S/C33H48F3N3O2/c1-25(27-7-5-6-26(21-27)23-38-16-14-37(15-17-38)18-19-40)20-28-22-30(8-9-31(28)32(2,3)4)41-29-10-12-39(13-11-29)24-33(34,35)36/h5-9,21-22,25,29,40H,10-20,23-24H2,1-4H3. The number of β-amino-alcohol motifs (C(OH)–C–C–N with tert-alkyl or cyclic N) is 1. The van der Waals surface area contributed by atoms with E-state index in [9.17, 15) is 18.3 Å². The second kappa shape index (κ2) is 13.9. The molecule has 1 N–H and O–H groups in total. The van der Waals surface area contributed by atoms with Crippen molar-refractivity contribution in [3.63, 3.8) is 0 Å². The highest BCUT2D eigenvalue weighted by molar-refractivity contribution is 5.41. The lowest BCUT2D eigenvalue weighted by Gasteiger charge is -2.34. The first-order valence-electron chi connectivity index (χ1n) is 15.1. The van der Waals surface area contributed by atoms with Crippen LogP contribution in [0.4, 0.5) is 13.2 Å². The van der Waals surface area contributed by atoms with Crippen molar-refractivity contribution in [2.24, 2.45) is 0 Å². The van der Waals surface area contributed by atoms with Crippen LogP contribution in [0, 0.1) is 0 Å². The number of nitrogens with zero attached hydrogens (tertiary/aromatic N) is 3. The summed E-state index contributed by atoms with van der Waals surface area (Å²) in [7, 11) is 0. The molecule has 228 valence electrons. The van der Waals surface area contributed by atoms with Gasteiger partial charge in [-0.2, -0.15) is 13.2 Å². The number of rotatable bonds is 10. The molecular formula is C33H48F3N3O2. The number of benzene rings is 2. The first kappa shape index (κ1) is 31.8. The molecule has 4 rings (SSSR count).